The third-order valence-corrected chi connectivity index (χ3v) is 6.65. The SMILES string of the molecule is CC(=O)Nc1ccc(Oc2ccc(S(=O)(=O)N3CCC[C@@H](C)C3)cc2[N+](=O)[O-])cc1. The smallest absolute Gasteiger partial charge is 0.312 e. The van der Waals surface area contributed by atoms with Crippen LogP contribution in [0.1, 0.15) is 26.7 Å². The molecule has 2 aromatic carbocycles. The molecule has 0 radical (unpaired) electrons. The zero-order chi connectivity index (χ0) is 21.9. The van der Waals surface area contributed by atoms with Gasteiger partial charge in [0.15, 0.2) is 0 Å². The van der Waals surface area contributed by atoms with Crippen LogP contribution in [0, 0.1) is 16.0 Å². The highest BCUT2D eigenvalue weighted by molar-refractivity contribution is 7.89. The second kappa shape index (κ2) is 8.80. The topological polar surface area (TPSA) is 119 Å². The van der Waals surface area contributed by atoms with E-state index in [1.165, 1.54) is 23.4 Å². The molecule has 2 aromatic rings. The van der Waals surface area contributed by atoms with Gasteiger partial charge in [0.25, 0.3) is 0 Å². The minimum Gasteiger partial charge on any atom is -0.450 e. The Labute approximate surface area is 174 Å². The van der Waals surface area contributed by atoms with E-state index in [0.717, 1.165) is 18.9 Å². The van der Waals surface area contributed by atoms with Gasteiger partial charge in [-0.05, 0) is 55.2 Å². The number of hydrogen-bond acceptors (Lipinski definition) is 6. The molecule has 0 aliphatic carbocycles. The van der Waals surface area contributed by atoms with E-state index >= 15 is 0 Å². The van der Waals surface area contributed by atoms with Crippen molar-refractivity contribution < 1.29 is 22.9 Å². The first-order valence-corrected chi connectivity index (χ1v) is 10.9. The predicted octanol–water partition coefficient (Wildman–Crippen LogP) is 3.77. The Morgan fingerprint density at radius 1 is 1.23 bits per heavy atom. The first kappa shape index (κ1) is 21.7. The van der Waals surface area contributed by atoms with Crippen LogP contribution >= 0.6 is 0 Å². The van der Waals surface area contributed by atoms with Crippen LogP contribution in [-0.2, 0) is 14.8 Å². The second-order valence-electron chi connectivity index (χ2n) is 7.30. The number of sulfonamides is 1. The Bertz CT molecular complexity index is 1050. The van der Waals surface area contributed by atoms with Crippen LogP contribution in [0.5, 0.6) is 11.5 Å². The molecule has 0 aromatic heterocycles. The largest absolute Gasteiger partial charge is 0.450 e. The molecule has 9 nitrogen and oxygen atoms in total. The summed E-state index contributed by atoms with van der Waals surface area (Å²) in [5, 5.41) is 14.2. The molecule has 1 aliphatic heterocycles. The van der Waals surface area contributed by atoms with Gasteiger partial charge in [-0.3, -0.25) is 14.9 Å². The number of rotatable bonds is 6. The fourth-order valence-electron chi connectivity index (χ4n) is 3.34. The van der Waals surface area contributed by atoms with Crippen molar-refractivity contribution in [1.29, 1.82) is 0 Å². The molecule has 30 heavy (non-hydrogen) atoms. The number of nitrogens with one attached hydrogen (secondary N) is 1. The van der Waals surface area contributed by atoms with Gasteiger partial charge in [0, 0.05) is 31.8 Å². The predicted molar refractivity (Wildman–Crippen MR) is 111 cm³/mol. The van der Waals surface area contributed by atoms with E-state index in [4.69, 9.17) is 4.74 Å². The van der Waals surface area contributed by atoms with Crippen LogP contribution in [0.25, 0.3) is 0 Å². The van der Waals surface area contributed by atoms with Gasteiger partial charge in [-0.25, -0.2) is 8.42 Å². The van der Waals surface area contributed by atoms with Crippen molar-refractivity contribution in [3.8, 4) is 11.5 Å². The molecule has 1 atom stereocenters. The van der Waals surface area contributed by atoms with Crippen LogP contribution in [-0.4, -0.2) is 36.6 Å². The molecule has 3 rings (SSSR count). The van der Waals surface area contributed by atoms with Crippen LogP contribution in [0.15, 0.2) is 47.4 Å². The number of piperidine rings is 1. The maximum atomic E-state index is 12.9. The molecule has 1 fully saturated rings. The Morgan fingerprint density at radius 2 is 1.93 bits per heavy atom. The molecule has 1 aliphatic rings. The number of nitro benzene ring substituents is 1. The van der Waals surface area contributed by atoms with Gasteiger partial charge in [0.1, 0.15) is 5.75 Å². The summed E-state index contributed by atoms with van der Waals surface area (Å²) in [6, 6.07) is 9.94. The van der Waals surface area contributed by atoms with E-state index in [2.05, 4.69) is 5.32 Å². The maximum absolute atomic E-state index is 12.9. The average Bonchev–Trinajstić information content (AvgIpc) is 2.69. The van der Waals surface area contributed by atoms with Gasteiger partial charge >= 0.3 is 5.69 Å². The number of anilines is 1. The number of nitro groups is 1. The van der Waals surface area contributed by atoms with Crippen molar-refractivity contribution in [2.75, 3.05) is 18.4 Å². The molecule has 10 heteroatoms. The third-order valence-electron chi connectivity index (χ3n) is 4.79. The minimum absolute atomic E-state index is 0.0711. The molecule has 1 saturated heterocycles. The summed E-state index contributed by atoms with van der Waals surface area (Å²) in [6.45, 7) is 4.17. The van der Waals surface area contributed by atoms with Crippen LogP contribution < -0.4 is 10.1 Å². The van der Waals surface area contributed by atoms with Gasteiger partial charge in [-0.15, -0.1) is 0 Å². The molecular formula is C20H23N3O6S. The number of ether oxygens (including phenoxy) is 1. The highest BCUT2D eigenvalue weighted by Crippen LogP contribution is 2.35. The van der Waals surface area contributed by atoms with Gasteiger partial charge < -0.3 is 10.1 Å². The summed E-state index contributed by atoms with van der Waals surface area (Å²) < 4.78 is 32.8. The fraction of sp³-hybridized carbons (Fsp3) is 0.350. The van der Waals surface area contributed by atoms with Gasteiger partial charge in [0.2, 0.25) is 21.7 Å². The summed E-state index contributed by atoms with van der Waals surface area (Å²) in [5.41, 5.74) is 0.119. The van der Waals surface area contributed by atoms with E-state index < -0.39 is 20.6 Å². The molecule has 1 N–H and O–H groups in total. The molecule has 1 amide bonds. The van der Waals surface area contributed by atoms with E-state index in [-0.39, 0.29) is 22.5 Å². The van der Waals surface area contributed by atoms with Crippen LogP contribution in [0.4, 0.5) is 11.4 Å². The van der Waals surface area contributed by atoms with Crippen molar-refractivity contribution in [1.82, 2.24) is 4.31 Å². The first-order chi connectivity index (χ1) is 14.2. The van der Waals surface area contributed by atoms with E-state index in [0.29, 0.717) is 24.5 Å². The quantitative estimate of drug-likeness (QED) is 0.547. The van der Waals surface area contributed by atoms with Crippen molar-refractivity contribution in [2.45, 2.75) is 31.6 Å². The fourth-order valence-corrected chi connectivity index (χ4v) is 4.96. The lowest BCUT2D eigenvalue weighted by Gasteiger charge is -2.30. The van der Waals surface area contributed by atoms with Crippen molar-refractivity contribution in [3.63, 3.8) is 0 Å². The Morgan fingerprint density at radius 3 is 2.53 bits per heavy atom. The summed E-state index contributed by atoms with van der Waals surface area (Å²) in [4.78, 5) is 21.9. The molecule has 160 valence electrons. The highest BCUT2D eigenvalue weighted by Gasteiger charge is 2.31. The maximum Gasteiger partial charge on any atom is 0.312 e. The zero-order valence-electron chi connectivity index (χ0n) is 16.7. The lowest BCUT2D eigenvalue weighted by molar-refractivity contribution is -0.385. The monoisotopic (exact) mass is 433 g/mol. The van der Waals surface area contributed by atoms with Crippen molar-refractivity contribution >= 4 is 27.3 Å². The molecule has 0 unspecified atom stereocenters. The summed E-state index contributed by atoms with van der Waals surface area (Å²) >= 11 is 0. The van der Waals surface area contributed by atoms with E-state index in [1.54, 1.807) is 24.3 Å². The highest BCUT2D eigenvalue weighted by atomic mass is 32.2. The number of amides is 1. The number of benzene rings is 2. The van der Waals surface area contributed by atoms with Gasteiger partial charge in [-0.2, -0.15) is 4.31 Å². The summed E-state index contributed by atoms with van der Waals surface area (Å²) in [5.74, 6) is 0.261. The normalized spacial score (nSPS) is 17.3. The van der Waals surface area contributed by atoms with E-state index in [9.17, 15) is 23.3 Å². The Hall–Kier alpha value is -2.98. The van der Waals surface area contributed by atoms with Crippen molar-refractivity contribution in [2.24, 2.45) is 5.92 Å². The third kappa shape index (κ3) is 4.95. The number of carbonyl (C=O) groups excluding carboxylic acids is 1. The van der Waals surface area contributed by atoms with Crippen LogP contribution in [0.3, 0.4) is 0 Å². The molecule has 0 spiro atoms. The lowest BCUT2D eigenvalue weighted by atomic mass is 10.0. The standard InChI is InChI=1S/C20H23N3O6S/c1-14-4-3-11-22(13-14)30(27,28)18-9-10-20(19(12-18)23(25)26)29-17-7-5-16(6-8-17)21-15(2)24/h5-10,12,14H,3-4,11,13H2,1-2H3,(H,21,24)/t14-/m1/s1. The lowest BCUT2D eigenvalue weighted by Crippen LogP contribution is -2.39. The van der Waals surface area contributed by atoms with Gasteiger partial charge in [-0.1, -0.05) is 6.92 Å². The Kier molecular flexibility index (Phi) is 6.37. The first-order valence-electron chi connectivity index (χ1n) is 9.51. The molecule has 1 heterocycles. The van der Waals surface area contributed by atoms with Crippen molar-refractivity contribution in [3.05, 3.63) is 52.6 Å². The summed E-state index contributed by atoms with van der Waals surface area (Å²) in [6.07, 6.45) is 1.72. The van der Waals surface area contributed by atoms with Crippen LogP contribution in [0.2, 0.25) is 0 Å². The molecule has 0 bridgehead atoms. The summed E-state index contributed by atoms with van der Waals surface area (Å²) in [7, 11) is -3.82. The van der Waals surface area contributed by atoms with E-state index in [1.807, 2.05) is 6.92 Å². The molecule has 0 saturated carbocycles. The number of hydrogen-bond donors (Lipinski definition) is 1. The number of nitrogens with zero attached hydrogens (tertiary/aromatic N) is 2. The second-order valence-corrected chi connectivity index (χ2v) is 9.24. The van der Waals surface area contributed by atoms with Gasteiger partial charge in [0.05, 0.1) is 9.82 Å². The number of carbonyl (C=O) groups is 1. The minimum atomic E-state index is -3.82. The average molecular weight is 433 g/mol. The molecular weight excluding hydrogens is 410 g/mol. The zero-order valence-corrected chi connectivity index (χ0v) is 17.5. The Balaban J connectivity index is 1.87.